The molecule has 0 aromatic carbocycles. The van der Waals surface area contributed by atoms with E-state index in [1.165, 1.54) is 0 Å². The number of hydrogen-bond acceptors (Lipinski definition) is 9. The number of aliphatic hydroxyl groups is 4. The molecular weight excluding hydrogens is 431 g/mol. The molecule has 8 N–H and O–H groups in total. The van der Waals surface area contributed by atoms with E-state index in [1.54, 1.807) is 0 Å². The number of imidazole rings is 1. The molecule has 2 heterocycles. The van der Waals surface area contributed by atoms with E-state index in [0.717, 1.165) is 9.13 Å². The standard InChI is InChI=1S/C14H23N4O11P/c19-6-8(21)10(22)7(20)5-18-11-9(12(23)16-13(24)15-11)17(14(18)25)3-1-2-4-29-30(26,27)28/h7-8,10,19-22H,1-6H2,(H2,26,27,28)(H2,15,16,23,24)/t7-,8+,10-/m1/s1. The number of aromatic amines is 2. The molecule has 16 heteroatoms. The molecule has 0 aliphatic rings. The number of fused-ring (bicyclic) bond motifs is 1. The maximum atomic E-state index is 12.8. The van der Waals surface area contributed by atoms with Crippen molar-refractivity contribution in [3.8, 4) is 0 Å². The van der Waals surface area contributed by atoms with Crippen LogP contribution in [-0.2, 0) is 22.2 Å². The highest BCUT2D eigenvalue weighted by Crippen LogP contribution is 2.35. The lowest BCUT2D eigenvalue weighted by Gasteiger charge is -2.21. The van der Waals surface area contributed by atoms with E-state index in [9.17, 15) is 34.3 Å². The summed E-state index contributed by atoms with van der Waals surface area (Å²) in [5.41, 5.74) is -3.08. The molecular formula is C14H23N4O11P. The summed E-state index contributed by atoms with van der Waals surface area (Å²) in [6.07, 6.45) is -4.90. The highest BCUT2D eigenvalue weighted by molar-refractivity contribution is 7.46. The lowest BCUT2D eigenvalue weighted by atomic mass is 10.1. The largest absolute Gasteiger partial charge is 0.469 e. The molecule has 0 saturated carbocycles. The average Bonchev–Trinajstić information content (AvgIpc) is 2.91. The molecule has 0 unspecified atom stereocenters. The number of nitrogens with one attached hydrogen (secondary N) is 2. The quantitative estimate of drug-likeness (QED) is 0.121. The fourth-order valence-electron chi connectivity index (χ4n) is 2.84. The Morgan fingerprint density at radius 2 is 1.67 bits per heavy atom. The Balaban J connectivity index is 2.34. The Labute approximate surface area is 167 Å². The highest BCUT2D eigenvalue weighted by atomic mass is 31.2. The first kappa shape index (κ1) is 24.2. The lowest BCUT2D eigenvalue weighted by molar-refractivity contribution is -0.0806. The Kier molecular flexibility index (Phi) is 7.90. The van der Waals surface area contributed by atoms with Gasteiger partial charge in [0.15, 0.2) is 5.52 Å². The molecule has 170 valence electrons. The fraction of sp³-hybridized carbons (Fsp3) is 0.643. The molecule has 0 aliphatic heterocycles. The summed E-state index contributed by atoms with van der Waals surface area (Å²) in [5.74, 6) is 0. The topological polar surface area (TPSA) is 240 Å². The lowest BCUT2D eigenvalue weighted by Crippen LogP contribution is -2.43. The van der Waals surface area contributed by atoms with E-state index in [-0.39, 0.29) is 37.2 Å². The Morgan fingerprint density at radius 1 is 1.00 bits per heavy atom. The summed E-state index contributed by atoms with van der Waals surface area (Å²) in [5, 5.41) is 38.2. The Hall–Kier alpha value is -2.10. The van der Waals surface area contributed by atoms with Gasteiger partial charge in [0.05, 0.1) is 19.8 Å². The number of aromatic nitrogens is 4. The van der Waals surface area contributed by atoms with Gasteiger partial charge in [0.25, 0.3) is 5.56 Å². The minimum Gasteiger partial charge on any atom is -0.394 e. The van der Waals surface area contributed by atoms with Gasteiger partial charge in [0.2, 0.25) is 0 Å². The number of rotatable bonds is 11. The van der Waals surface area contributed by atoms with Crippen molar-refractivity contribution in [3.63, 3.8) is 0 Å². The molecule has 2 rings (SSSR count). The van der Waals surface area contributed by atoms with Crippen LogP contribution in [0, 0.1) is 0 Å². The van der Waals surface area contributed by atoms with Gasteiger partial charge in [-0.2, -0.15) is 0 Å². The van der Waals surface area contributed by atoms with Crippen LogP contribution in [0.2, 0.25) is 0 Å². The Morgan fingerprint density at radius 3 is 2.27 bits per heavy atom. The summed E-state index contributed by atoms with van der Waals surface area (Å²) in [6.45, 7) is -1.84. The highest BCUT2D eigenvalue weighted by Gasteiger charge is 2.27. The number of phosphoric acid groups is 1. The minimum atomic E-state index is -4.63. The number of H-pyrrole nitrogens is 2. The number of phosphoric ester groups is 1. The second kappa shape index (κ2) is 9.80. The van der Waals surface area contributed by atoms with Crippen molar-refractivity contribution in [1.29, 1.82) is 0 Å². The van der Waals surface area contributed by atoms with Crippen LogP contribution in [0.25, 0.3) is 11.2 Å². The van der Waals surface area contributed by atoms with Gasteiger partial charge in [0, 0.05) is 6.54 Å². The van der Waals surface area contributed by atoms with Crippen molar-refractivity contribution < 1.29 is 39.3 Å². The van der Waals surface area contributed by atoms with Crippen LogP contribution in [-0.4, -0.2) is 80.8 Å². The van der Waals surface area contributed by atoms with Gasteiger partial charge in [0.1, 0.15) is 24.0 Å². The molecule has 0 bridgehead atoms. The van der Waals surface area contributed by atoms with Crippen molar-refractivity contribution in [1.82, 2.24) is 19.1 Å². The van der Waals surface area contributed by atoms with Crippen molar-refractivity contribution in [3.05, 3.63) is 31.3 Å². The summed E-state index contributed by atoms with van der Waals surface area (Å²) in [7, 11) is -4.63. The average molecular weight is 454 g/mol. The molecule has 0 amide bonds. The predicted molar refractivity (Wildman–Crippen MR) is 99.8 cm³/mol. The van der Waals surface area contributed by atoms with Gasteiger partial charge in [-0.1, -0.05) is 0 Å². The SMILES string of the molecule is O=c1[nH]c(=O)c2c([nH]1)n(C[C@@H](O)[C@@H](O)[C@@H](O)CO)c(=O)n2CCCCOP(=O)(O)O. The molecule has 30 heavy (non-hydrogen) atoms. The zero-order chi connectivity index (χ0) is 22.6. The molecule has 0 saturated heterocycles. The molecule has 0 spiro atoms. The van der Waals surface area contributed by atoms with Crippen LogP contribution >= 0.6 is 7.82 Å². The maximum absolute atomic E-state index is 12.8. The molecule has 15 nitrogen and oxygen atoms in total. The van der Waals surface area contributed by atoms with E-state index in [2.05, 4.69) is 9.51 Å². The van der Waals surface area contributed by atoms with Gasteiger partial charge in [-0.25, -0.2) is 14.2 Å². The summed E-state index contributed by atoms with van der Waals surface area (Å²) in [4.78, 5) is 58.1. The van der Waals surface area contributed by atoms with Crippen LogP contribution in [0.15, 0.2) is 14.4 Å². The van der Waals surface area contributed by atoms with E-state index in [0.29, 0.717) is 0 Å². The molecule has 0 fully saturated rings. The first-order chi connectivity index (χ1) is 14.0. The Bertz CT molecular complexity index is 1080. The summed E-state index contributed by atoms with van der Waals surface area (Å²) in [6, 6.07) is 0. The maximum Gasteiger partial charge on any atom is 0.469 e. The first-order valence-electron chi connectivity index (χ1n) is 8.77. The molecule has 0 radical (unpaired) electrons. The van der Waals surface area contributed by atoms with Crippen molar-refractivity contribution in [2.75, 3.05) is 13.2 Å². The van der Waals surface area contributed by atoms with Crippen molar-refractivity contribution >= 4 is 19.0 Å². The van der Waals surface area contributed by atoms with Gasteiger partial charge in [-0.05, 0) is 12.8 Å². The fourth-order valence-corrected chi connectivity index (χ4v) is 3.21. The third-order valence-electron chi connectivity index (χ3n) is 4.28. The first-order valence-corrected chi connectivity index (χ1v) is 10.3. The number of aliphatic hydroxyl groups excluding tert-OH is 4. The van der Waals surface area contributed by atoms with Crippen LogP contribution in [0.4, 0.5) is 0 Å². The molecule has 0 aliphatic carbocycles. The molecule has 2 aromatic rings. The second-order valence-electron chi connectivity index (χ2n) is 6.49. The van der Waals surface area contributed by atoms with Gasteiger partial charge in [-0.3, -0.25) is 28.4 Å². The van der Waals surface area contributed by atoms with E-state index >= 15 is 0 Å². The number of unbranched alkanes of at least 4 members (excludes halogenated alkanes) is 1. The zero-order valence-corrected chi connectivity index (χ0v) is 16.4. The van der Waals surface area contributed by atoms with E-state index in [1.807, 2.05) is 4.98 Å². The van der Waals surface area contributed by atoms with E-state index < -0.39 is 56.2 Å². The van der Waals surface area contributed by atoms with Gasteiger partial charge >= 0.3 is 19.2 Å². The zero-order valence-electron chi connectivity index (χ0n) is 15.5. The van der Waals surface area contributed by atoms with E-state index in [4.69, 9.17) is 14.9 Å². The summed E-state index contributed by atoms with van der Waals surface area (Å²) < 4.78 is 16.8. The smallest absolute Gasteiger partial charge is 0.394 e. The number of aryl methyl sites for hydroxylation is 1. The monoisotopic (exact) mass is 454 g/mol. The van der Waals surface area contributed by atoms with Crippen molar-refractivity contribution in [2.24, 2.45) is 0 Å². The number of hydrogen-bond donors (Lipinski definition) is 8. The van der Waals surface area contributed by atoms with Crippen molar-refractivity contribution in [2.45, 2.75) is 44.2 Å². The van der Waals surface area contributed by atoms with Crippen LogP contribution in [0.5, 0.6) is 0 Å². The number of nitrogens with zero attached hydrogens (tertiary/aromatic N) is 2. The second-order valence-corrected chi connectivity index (χ2v) is 7.73. The third-order valence-corrected chi connectivity index (χ3v) is 4.80. The molecule has 3 atom stereocenters. The van der Waals surface area contributed by atoms with Gasteiger partial charge in [-0.15, -0.1) is 0 Å². The van der Waals surface area contributed by atoms with Crippen LogP contribution in [0.3, 0.4) is 0 Å². The predicted octanol–water partition coefficient (Wildman–Crippen LogP) is -3.86. The normalized spacial score (nSPS) is 15.4. The van der Waals surface area contributed by atoms with Crippen LogP contribution in [0.1, 0.15) is 12.8 Å². The van der Waals surface area contributed by atoms with Gasteiger partial charge < -0.3 is 30.2 Å². The summed E-state index contributed by atoms with van der Waals surface area (Å²) >= 11 is 0. The third kappa shape index (κ3) is 5.74. The minimum absolute atomic E-state index is 0.0834. The molecule has 2 aromatic heterocycles. The van der Waals surface area contributed by atoms with Crippen LogP contribution < -0.4 is 16.9 Å².